The lowest BCUT2D eigenvalue weighted by atomic mass is 9.86. The first-order chi connectivity index (χ1) is 16.5. The van der Waals surface area contributed by atoms with Crippen LogP contribution in [-0.2, 0) is 6.54 Å². The topological polar surface area (TPSA) is 71.5 Å². The second-order valence-electron chi connectivity index (χ2n) is 9.07. The van der Waals surface area contributed by atoms with Gasteiger partial charge in [0.1, 0.15) is 5.82 Å². The summed E-state index contributed by atoms with van der Waals surface area (Å²) >= 11 is 3.65. The van der Waals surface area contributed by atoms with Crippen LogP contribution in [-0.4, -0.2) is 50.9 Å². The molecule has 3 aromatic rings. The number of methoxy groups -OCH3 is 2. The molecule has 190 valence electrons. The smallest absolute Gasteiger partial charge is 0.225 e. The predicted molar refractivity (Wildman–Crippen MR) is 149 cm³/mol. The van der Waals surface area contributed by atoms with E-state index in [0.717, 1.165) is 70.1 Å². The Bertz CT molecular complexity index is 1120. The van der Waals surface area contributed by atoms with Crippen molar-refractivity contribution in [2.45, 2.75) is 45.7 Å². The first-order valence-electron chi connectivity index (χ1n) is 11.8. The zero-order chi connectivity index (χ0) is 24.1. The van der Waals surface area contributed by atoms with E-state index >= 15 is 0 Å². The van der Waals surface area contributed by atoms with Gasteiger partial charge in [0.05, 0.1) is 19.7 Å². The van der Waals surface area contributed by atoms with Crippen molar-refractivity contribution in [1.29, 1.82) is 0 Å². The molecule has 2 N–H and O–H groups in total. The molecule has 0 radical (unpaired) electrons. The average Bonchev–Trinajstić information content (AvgIpc) is 2.85. The summed E-state index contributed by atoms with van der Waals surface area (Å²) in [6, 6.07) is 12.6. The van der Waals surface area contributed by atoms with E-state index in [2.05, 4.69) is 43.6 Å². The summed E-state index contributed by atoms with van der Waals surface area (Å²) in [6.45, 7) is 1.79. The van der Waals surface area contributed by atoms with Crippen molar-refractivity contribution in [2.24, 2.45) is 5.92 Å². The van der Waals surface area contributed by atoms with Crippen LogP contribution in [0.4, 0.5) is 11.8 Å². The van der Waals surface area contributed by atoms with Crippen LogP contribution < -0.4 is 25.0 Å². The van der Waals surface area contributed by atoms with Crippen LogP contribution in [0.25, 0.3) is 10.9 Å². The van der Waals surface area contributed by atoms with Gasteiger partial charge in [0, 0.05) is 36.5 Å². The molecule has 7 nitrogen and oxygen atoms in total. The average molecular weight is 545 g/mol. The van der Waals surface area contributed by atoms with E-state index in [0.29, 0.717) is 12.0 Å². The molecule has 35 heavy (non-hydrogen) atoms. The highest BCUT2D eigenvalue weighted by Gasteiger charge is 2.22. The molecule has 0 amide bonds. The highest BCUT2D eigenvalue weighted by Crippen LogP contribution is 2.33. The van der Waals surface area contributed by atoms with Gasteiger partial charge in [0.25, 0.3) is 0 Å². The lowest BCUT2D eigenvalue weighted by Crippen LogP contribution is -2.31. The molecule has 0 aliphatic heterocycles. The fourth-order valence-electron chi connectivity index (χ4n) is 4.60. The Labute approximate surface area is 217 Å². The maximum Gasteiger partial charge on any atom is 0.225 e. The number of aromatic nitrogens is 2. The number of fused-ring (bicyclic) bond motifs is 1. The van der Waals surface area contributed by atoms with Gasteiger partial charge in [-0.05, 0) is 68.0 Å². The summed E-state index contributed by atoms with van der Waals surface area (Å²) in [5, 5.41) is 8.31. The van der Waals surface area contributed by atoms with Gasteiger partial charge in [0.15, 0.2) is 11.5 Å². The summed E-state index contributed by atoms with van der Waals surface area (Å²) in [5.41, 5.74) is 2.14. The number of para-hydroxylation sites is 1. The molecule has 2 aromatic carbocycles. The number of rotatable bonds is 9. The van der Waals surface area contributed by atoms with E-state index in [1.54, 1.807) is 14.2 Å². The van der Waals surface area contributed by atoms with E-state index in [-0.39, 0.29) is 7.43 Å². The minimum Gasteiger partial charge on any atom is -0.493 e. The van der Waals surface area contributed by atoms with E-state index < -0.39 is 0 Å². The van der Waals surface area contributed by atoms with E-state index in [9.17, 15) is 0 Å². The van der Waals surface area contributed by atoms with Gasteiger partial charge in [-0.1, -0.05) is 35.5 Å². The third-order valence-corrected chi connectivity index (χ3v) is 7.23. The van der Waals surface area contributed by atoms with Gasteiger partial charge >= 0.3 is 0 Å². The maximum absolute atomic E-state index is 5.44. The molecule has 0 saturated heterocycles. The Morgan fingerprint density at radius 2 is 1.69 bits per heavy atom. The fraction of sp³-hybridized carbons (Fsp3) is 0.481. The Morgan fingerprint density at radius 3 is 2.37 bits per heavy atom. The van der Waals surface area contributed by atoms with Crippen LogP contribution in [0.15, 0.2) is 40.9 Å². The number of nitrogens with zero attached hydrogens (tertiary/aromatic N) is 3. The molecular formula is C27H38BrN5O2. The number of halogens is 1. The Morgan fingerprint density at radius 1 is 1.00 bits per heavy atom. The first kappa shape index (κ1) is 27.0. The van der Waals surface area contributed by atoms with Crippen molar-refractivity contribution in [2.75, 3.05) is 45.1 Å². The van der Waals surface area contributed by atoms with Crippen molar-refractivity contribution in [3.63, 3.8) is 0 Å². The van der Waals surface area contributed by atoms with E-state index in [4.69, 9.17) is 19.4 Å². The molecule has 0 bridgehead atoms. The zero-order valence-corrected chi connectivity index (χ0v) is 22.0. The van der Waals surface area contributed by atoms with Crippen molar-refractivity contribution >= 4 is 38.6 Å². The van der Waals surface area contributed by atoms with Crippen molar-refractivity contribution in [3.05, 3.63) is 46.4 Å². The van der Waals surface area contributed by atoms with Crippen molar-refractivity contribution in [3.8, 4) is 11.5 Å². The molecule has 4 rings (SSSR count). The zero-order valence-electron chi connectivity index (χ0n) is 20.4. The van der Waals surface area contributed by atoms with Crippen LogP contribution in [0.5, 0.6) is 11.5 Å². The van der Waals surface area contributed by atoms with Gasteiger partial charge in [-0.25, -0.2) is 4.98 Å². The SMILES string of the molecule is C.COc1cc(Br)c(CNCC2CCC(Nc3nc(N(C)C)c4ccccc4n3)CC2)cc1OC. The highest BCUT2D eigenvalue weighted by atomic mass is 79.9. The monoisotopic (exact) mass is 543 g/mol. The Hall–Kier alpha value is -2.58. The van der Waals surface area contributed by atoms with Crippen LogP contribution in [0, 0.1) is 5.92 Å². The van der Waals surface area contributed by atoms with Gasteiger partial charge < -0.3 is 25.0 Å². The van der Waals surface area contributed by atoms with E-state index in [1.807, 2.05) is 38.4 Å². The summed E-state index contributed by atoms with van der Waals surface area (Å²) < 4.78 is 11.8. The molecule has 0 spiro atoms. The highest BCUT2D eigenvalue weighted by molar-refractivity contribution is 9.10. The number of hydrogen-bond donors (Lipinski definition) is 2. The second kappa shape index (κ2) is 12.4. The molecule has 1 saturated carbocycles. The standard InChI is InChI=1S/C26H34BrN5O2.CH4/c1-32(2)25-20-7-5-6-8-22(20)30-26(31-25)29-19-11-9-17(10-12-19)15-28-16-18-13-23(33-3)24(34-4)14-21(18)27;/h5-8,13-14,17,19,28H,9-12,15-16H2,1-4H3,(H,29,30,31);1H4. The third-order valence-electron chi connectivity index (χ3n) is 6.49. The summed E-state index contributed by atoms with van der Waals surface area (Å²) in [5.74, 6) is 3.83. The molecule has 0 atom stereocenters. The van der Waals surface area contributed by atoms with Crippen LogP contribution >= 0.6 is 15.9 Å². The summed E-state index contributed by atoms with van der Waals surface area (Å²) in [6.07, 6.45) is 4.62. The maximum atomic E-state index is 5.44. The lowest BCUT2D eigenvalue weighted by Gasteiger charge is -2.29. The summed E-state index contributed by atoms with van der Waals surface area (Å²) in [4.78, 5) is 11.6. The number of nitrogens with one attached hydrogen (secondary N) is 2. The molecule has 0 unspecified atom stereocenters. The number of ether oxygens (including phenoxy) is 2. The number of hydrogen-bond acceptors (Lipinski definition) is 7. The largest absolute Gasteiger partial charge is 0.493 e. The van der Waals surface area contributed by atoms with E-state index in [1.165, 1.54) is 12.8 Å². The number of anilines is 2. The Kier molecular flexibility index (Phi) is 9.57. The molecule has 1 aromatic heterocycles. The minimum absolute atomic E-state index is 0. The van der Waals surface area contributed by atoms with Crippen molar-refractivity contribution < 1.29 is 9.47 Å². The predicted octanol–water partition coefficient (Wildman–Crippen LogP) is 5.87. The lowest BCUT2D eigenvalue weighted by molar-refractivity contribution is 0.323. The van der Waals surface area contributed by atoms with Crippen LogP contribution in [0.1, 0.15) is 38.7 Å². The molecular weight excluding hydrogens is 506 g/mol. The normalized spacial score (nSPS) is 17.5. The summed E-state index contributed by atoms with van der Waals surface area (Å²) in [7, 11) is 7.37. The van der Waals surface area contributed by atoms with Crippen molar-refractivity contribution in [1.82, 2.24) is 15.3 Å². The Balaban J connectivity index is 0.00000342. The number of benzene rings is 2. The fourth-order valence-corrected chi connectivity index (χ4v) is 5.06. The van der Waals surface area contributed by atoms with Gasteiger partial charge in [-0.2, -0.15) is 4.98 Å². The van der Waals surface area contributed by atoms with Crippen LogP contribution in [0.3, 0.4) is 0 Å². The van der Waals surface area contributed by atoms with Crippen LogP contribution in [0.2, 0.25) is 0 Å². The van der Waals surface area contributed by atoms with Gasteiger partial charge in [-0.15, -0.1) is 0 Å². The molecule has 1 aliphatic carbocycles. The minimum atomic E-state index is 0. The molecule has 1 heterocycles. The first-order valence-corrected chi connectivity index (χ1v) is 12.6. The molecule has 1 fully saturated rings. The second-order valence-corrected chi connectivity index (χ2v) is 9.93. The third kappa shape index (κ3) is 6.55. The molecule has 8 heteroatoms. The quantitative estimate of drug-likeness (QED) is 0.349. The van der Waals surface area contributed by atoms with Gasteiger partial charge in [-0.3, -0.25) is 0 Å². The molecule has 1 aliphatic rings. The van der Waals surface area contributed by atoms with Gasteiger partial charge in [0.2, 0.25) is 5.95 Å².